The number of amides is 1. The van der Waals surface area contributed by atoms with Gasteiger partial charge in [0.1, 0.15) is 4.70 Å². The Labute approximate surface area is 194 Å². The second-order valence-corrected chi connectivity index (χ2v) is 9.34. The molecule has 4 rings (SSSR count). The van der Waals surface area contributed by atoms with Gasteiger partial charge in [-0.3, -0.25) is 19.1 Å². The Hall–Kier alpha value is -2.97. The van der Waals surface area contributed by atoms with Gasteiger partial charge in [-0.05, 0) is 48.1 Å². The summed E-state index contributed by atoms with van der Waals surface area (Å²) < 4.78 is 2.24. The van der Waals surface area contributed by atoms with Gasteiger partial charge in [-0.1, -0.05) is 49.9 Å². The highest BCUT2D eigenvalue weighted by molar-refractivity contribution is 8.00. The van der Waals surface area contributed by atoms with Gasteiger partial charge in [-0.25, -0.2) is 4.98 Å². The third-order valence-corrected chi connectivity index (χ3v) is 7.39. The van der Waals surface area contributed by atoms with E-state index in [1.54, 1.807) is 10.8 Å². The predicted octanol–water partition coefficient (Wildman–Crippen LogP) is 4.97. The Morgan fingerprint density at radius 2 is 1.97 bits per heavy atom. The molecule has 0 aliphatic rings. The van der Waals surface area contributed by atoms with E-state index in [0.29, 0.717) is 28.3 Å². The van der Waals surface area contributed by atoms with E-state index < -0.39 is 5.25 Å². The van der Waals surface area contributed by atoms with Gasteiger partial charge in [-0.15, -0.1) is 11.3 Å². The quantitative estimate of drug-likeness (QED) is 0.294. The highest BCUT2D eigenvalue weighted by atomic mass is 32.2. The molecule has 0 saturated carbocycles. The summed E-state index contributed by atoms with van der Waals surface area (Å²) in [6.07, 6.45) is 3.14. The Morgan fingerprint density at radius 3 is 2.72 bits per heavy atom. The van der Waals surface area contributed by atoms with E-state index in [0.717, 1.165) is 23.4 Å². The monoisotopic (exact) mass is 464 g/mol. The number of carbonyl (C=O) groups excluding carboxylic acids is 1. The molecule has 0 radical (unpaired) electrons. The fourth-order valence-electron chi connectivity index (χ4n) is 3.42. The molecular weight excluding hydrogens is 440 g/mol. The predicted molar refractivity (Wildman–Crippen MR) is 132 cm³/mol. The Balaban J connectivity index is 1.66. The summed E-state index contributed by atoms with van der Waals surface area (Å²) in [6.45, 7) is 4.33. The van der Waals surface area contributed by atoms with Crippen molar-refractivity contribution < 1.29 is 4.79 Å². The largest absolute Gasteiger partial charge is 0.325 e. The standard InChI is InChI=1S/C24H24N4O2S2/c1-3-16-9-5-6-11-18(16)26-22(29)20(4-2)32-24-27-19-12-14-31-21(19)23(30)28(24)15-17-10-7-8-13-25-17/h5-14,20H,3-4,15H2,1-2H3,(H,26,29)/t20-/m0/s1. The van der Waals surface area contributed by atoms with Crippen LogP contribution in [0.3, 0.4) is 0 Å². The number of nitrogens with one attached hydrogen (secondary N) is 1. The number of thiophene rings is 1. The van der Waals surface area contributed by atoms with Gasteiger partial charge in [0.05, 0.1) is 23.0 Å². The van der Waals surface area contributed by atoms with Gasteiger partial charge in [0.25, 0.3) is 5.56 Å². The molecule has 1 atom stereocenters. The summed E-state index contributed by atoms with van der Waals surface area (Å²) in [7, 11) is 0. The van der Waals surface area contributed by atoms with Gasteiger partial charge >= 0.3 is 0 Å². The first-order valence-corrected chi connectivity index (χ1v) is 12.3. The number of anilines is 1. The lowest BCUT2D eigenvalue weighted by atomic mass is 10.1. The average molecular weight is 465 g/mol. The molecule has 3 aromatic heterocycles. The van der Waals surface area contributed by atoms with E-state index in [9.17, 15) is 9.59 Å². The second-order valence-electron chi connectivity index (χ2n) is 7.26. The minimum absolute atomic E-state index is 0.0950. The number of nitrogens with zero attached hydrogens (tertiary/aromatic N) is 3. The van der Waals surface area contributed by atoms with Crippen LogP contribution in [0.5, 0.6) is 0 Å². The van der Waals surface area contributed by atoms with Crippen molar-refractivity contribution in [3.8, 4) is 0 Å². The average Bonchev–Trinajstić information content (AvgIpc) is 3.29. The summed E-state index contributed by atoms with van der Waals surface area (Å²) in [5.41, 5.74) is 3.23. The third kappa shape index (κ3) is 4.76. The molecule has 0 aliphatic carbocycles. The van der Waals surface area contributed by atoms with Crippen molar-refractivity contribution in [1.82, 2.24) is 14.5 Å². The van der Waals surface area contributed by atoms with Gasteiger partial charge < -0.3 is 5.32 Å². The van der Waals surface area contributed by atoms with Crippen molar-refractivity contribution in [1.29, 1.82) is 0 Å². The molecule has 4 aromatic rings. The lowest BCUT2D eigenvalue weighted by Crippen LogP contribution is -2.28. The lowest BCUT2D eigenvalue weighted by molar-refractivity contribution is -0.115. The summed E-state index contributed by atoms with van der Waals surface area (Å²) in [4.78, 5) is 35.4. The van der Waals surface area contributed by atoms with Crippen LogP contribution in [0.25, 0.3) is 10.2 Å². The number of hydrogen-bond donors (Lipinski definition) is 1. The molecule has 1 N–H and O–H groups in total. The molecule has 0 spiro atoms. The zero-order valence-corrected chi connectivity index (χ0v) is 19.6. The molecule has 6 nitrogen and oxygen atoms in total. The Bertz CT molecular complexity index is 1280. The van der Waals surface area contributed by atoms with E-state index in [1.165, 1.54) is 23.1 Å². The molecular formula is C24H24N4O2S2. The first kappa shape index (κ1) is 22.2. The molecule has 1 aromatic carbocycles. The number of carbonyl (C=O) groups is 1. The van der Waals surface area contributed by atoms with Crippen LogP contribution in [-0.4, -0.2) is 25.7 Å². The Kier molecular flexibility index (Phi) is 7.02. The van der Waals surface area contributed by atoms with Gasteiger partial charge in [0.15, 0.2) is 5.16 Å². The number of rotatable bonds is 8. The van der Waals surface area contributed by atoms with Crippen molar-refractivity contribution in [2.75, 3.05) is 5.32 Å². The summed E-state index contributed by atoms with van der Waals surface area (Å²) in [6, 6.07) is 15.3. The van der Waals surface area contributed by atoms with E-state index in [2.05, 4.69) is 17.2 Å². The van der Waals surface area contributed by atoms with Gasteiger partial charge in [0.2, 0.25) is 5.91 Å². The number of aryl methyl sites for hydroxylation is 1. The maximum atomic E-state index is 13.2. The molecule has 0 unspecified atom stereocenters. The number of pyridine rings is 1. The van der Waals surface area contributed by atoms with E-state index >= 15 is 0 Å². The van der Waals surface area contributed by atoms with Gasteiger partial charge in [0, 0.05) is 11.9 Å². The van der Waals surface area contributed by atoms with Crippen LogP contribution in [0.2, 0.25) is 0 Å². The number of para-hydroxylation sites is 1. The number of fused-ring (bicyclic) bond motifs is 1. The second kappa shape index (κ2) is 10.1. The normalized spacial score (nSPS) is 12.1. The van der Waals surface area contributed by atoms with Crippen LogP contribution in [0.4, 0.5) is 5.69 Å². The Morgan fingerprint density at radius 1 is 1.16 bits per heavy atom. The van der Waals surface area contributed by atoms with Crippen molar-refractivity contribution >= 4 is 44.9 Å². The molecule has 32 heavy (non-hydrogen) atoms. The fourth-order valence-corrected chi connectivity index (χ4v) is 5.21. The SMILES string of the molecule is CCc1ccccc1NC(=O)[C@H](CC)Sc1nc2ccsc2c(=O)n1Cc1ccccn1. The number of hydrogen-bond acceptors (Lipinski definition) is 6. The van der Waals surface area contributed by atoms with Crippen LogP contribution < -0.4 is 10.9 Å². The van der Waals surface area contributed by atoms with E-state index in [4.69, 9.17) is 4.98 Å². The maximum Gasteiger partial charge on any atom is 0.272 e. The molecule has 8 heteroatoms. The zero-order chi connectivity index (χ0) is 22.5. The highest BCUT2D eigenvalue weighted by Gasteiger charge is 2.23. The van der Waals surface area contributed by atoms with Gasteiger partial charge in [-0.2, -0.15) is 0 Å². The number of benzene rings is 1. The summed E-state index contributed by atoms with van der Waals surface area (Å²) >= 11 is 2.70. The van der Waals surface area contributed by atoms with E-state index in [-0.39, 0.29) is 11.5 Å². The van der Waals surface area contributed by atoms with Crippen molar-refractivity contribution in [2.45, 2.75) is 43.6 Å². The molecule has 164 valence electrons. The smallest absolute Gasteiger partial charge is 0.272 e. The topological polar surface area (TPSA) is 76.9 Å². The molecule has 0 bridgehead atoms. The fraction of sp³-hybridized carbons (Fsp3) is 0.250. The van der Waals surface area contributed by atoms with E-state index in [1.807, 2.05) is 60.8 Å². The van der Waals surface area contributed by atoms with Crippen LogP contribution in [0, 0.1) is 0 Å². The van der Waals surface area contributed by atoms with Crippen LogP contribution in [0.15, 0.2) is 70.1 Å². The first-order valence-electron chi connectivity index (χ1n) is 10.5. The van der Waals surface area contributed by atoms with Crippen LogP contribution >= 0.6 is 23.1 Å². The van der Waals surface area contributed by atoms with Crippen molar-refractivity contribution in [3.05, 3.63) is 81.7 Å². The van der Waals surface area contributed by atoms with Crippen molar-refractivity contribution in [2.24, 2.45) is 0 Å². The maximum absolute atomic E-state index is 13.2. The first-order chi connectivity index (χ1) is 15.6. The highest BCUT2D eigenvalue weighted by Crippen LogP contribution is 2.28. The van der Waals surface area contributed by atoms with Crippen molar-refractivity contribution in [3.63, 3.8) is 0 Å². The minimum Gasteiger partial charge on any atom is -0.325 e. The molecule has 0 aliphatic heterocycles. The molecule has 0 saturated heterocycles. The third-order valence-electron chi connectivity index (χ3n) is 5.14. The number of thioether (sulfide) groups is 1. The summed E-state index contributed by atoms with van der Waals surface area (Å²) in [5.74, 6) is -0.0950. The molecule has 0 fully saturated rings. The van der Waals surface area contributed by atoms with Crippen LogP contribution in [0.1, 0.15) is 31.5 Å². The zero-order valence-electron chi connectivity index (χ0n) is 17.9. The lowest BCUT2D eigenvalue weighted by Gasteiger charge is -2.18. The number of aromatic nitrogens is 3. The summed E-state index contributed by atoms with van der Waals surface area (Å²) in [5, 5.41) is 5.06. The molecule has 1 amide bonds. The van der Waals surface area contributed by atoms with Crippen LogP contribution in [-0.2, 0) is 17.8 Å². The molecule has 3 heterocycles. The minimum atomic E-state index is -0.391.